The summed E-state index contributed by atoms with van der Waals surface area (Å²) in [6, 6.07) is 15.1. The number of carbonyl (C=O) groups is 1. The third-order valence-corrected chi connectivity index (χ3v) is 3.89. The molecule has 0 saturated carbocycles. The van der Waals surface area contributed by atoms with E-state index in [1.165, 1.54) is 0 Å². The van der Waals surface area contributed by atoms with E-state index in [1.54, 1.807) is 12.2 Å². The van der Waals surface area contributed by atoms with E-state index in [9.17, 15) is 4.79 Å². The zero-order chi connectivity index (χ0) is 16.9. The van der Waals surface area contributed by atoms with Crippen LogP contribution in [0, 0.1) is 3.57 Å². The van der Waals surface area contributed by atoms with E-state index in [4.69, 9.17) is 9.47 Å². The van der Waals surface area contributed by atoms with Crippen LogP contribution in [-0.2, 0) is 9.53 Å². The Hall–Kier alpha value is -2.41. The van der Waals surface area contributed by atoms with Gasteiger partial charge in [0.25, 0.3) is 0 Å². The van der Waals surface area contributed by atoms with Gasteiger partial charge in [0.1, 0.15) is 12.4 Å². The van der Waals surface area contributed by atoms with Crippen molar-refractivity contribution in [1.29, 1.82) is 0 Å². The van der Waals surface area contributed by atoms with Crippen LogP contribution in [0.15, 0.2) is 71.9 Å². The molecule has 0 N–H and O–H groups in total. The highest BCUT2D eigenvalue weighted by Gasteiger charge is 2.24. The average molecular weight is 431 g/mol. The Labute approximate surface area is 153 Å². The van der Waals surface area contributed by atoms with Gasteiger partial charge in [0, 0.05) is 9.13 Å². The maximum atomic E-state index is 12.1. The van der Waals surface area contributed by atoms with Crippen LogP contribution in [0.3, 0.4) is 0 Å². The smallest absolute Gasteiger partial charge is 0.363 e. The number of hydrogen-bond acceptors (Lipinski definition) is 4. The van der Waals surface area contributed by atoms with Gasteiger partial charge in [-0.2, -0.15) is 0 Å². The summed E-state index contributed by atoms with van der Waals surface area (Å²) in [4.78, 5) is 16.4. The minimum Gasteiger partial charge on any atom is -0.490 e. The third-order valence-electron chi connectivity index (χ3n) is 3.22. The van der Waals surface area contributed by atoms with Crippen molar-refractivity contribution in [2.75, 3.05) is 6.61 Å². The molecule has 5 heteroatoms. The van der Waals surface area contributed by atoms with Gasteiger partial charge in [-0.15, -0.1) is 0 Å². The van der Waals surface area contributed by atoms with E-state index in [0.717, 1.165) is 14.7 Å². The number of benzene rings is 2. The van der Waals surface area contributed by atoms with E-state index in [-0.39, 0.29) is 5.70 Å². The maximum absolute atomic E-state index is 12.1. The maximum Gasteiger partial charge on any atom is 0.363 e. The molecule has 0 spiro atoms. The second-order valence-electron chi connectivity index (χ2n) is 5.02. The normalized spacial score (nSPS) is 15.1. The lowest BCUT2D eigenvalue weighted by Crippen LogP contribution is -2.05. The molecule has 0 unspecified atom stereocenters. The number of esters is 1. The molecule has 0 amide bonds. The molecule has 2 aromatic rings. The van der Waals surface area contributed by atoms with Crippen molar-refractivity contribution in [3.05, 3.63) is 81.6 Å². The summed E-state index contributed by atoms with van der Waals surface area (Å²) in [5.74, 6) is 0.572. The number of halogens is 1. The number of nitrogens with zero attached hydrogens (tertiary/aromatic N) is 1. The predicted molar refractivity (Wildman–Crippen MR) is 102 cm³/mol. The van der Waals surface area contributed by atoms with Crippen molar-refractivity contribution < 1.29 is 14.3 Å². The van der Waals surface area contributed by atoms with E-state index >= 15 is 0 Å². The third kappa shape index (κ3) is 3.91. The quantitative estimate of drug-likeness (QED) is 0.309. The number of cyclic esters (lactones) is 1. The Bertz CT molecular complexity index is 855. The van der Waals surface area contributed by atoms with Gasteiger partial charge in [0.05, 0.1) is 0 Å². The molecule has 0 aliphatic carbocycles. The lowest BCUT2D eigenvalue weighted by Gasteiger charge is -2.03. The highest BCUT2D eigenvalue weighted by atomic mass is 127. The summed E-state index contributed by atoms with van der Waals surface area (Å²) >= 11 is 2.20. The first kappa shape index (κ1) is 16.4. The van der Waals surface area contributed by atoms with E-state index in [0.29, 0.717) is 18.3 Å². The monoisotopic (exact) mass is 431 g/mol. The van der Waals surface area contributed by atoms with Crippen molar-refractivity contribution in [3.63, 3.8) is 0 Å². The van der Waals surface area contributed by atoms with Crippen LogP contribution in [-0.4, -0.2) is 18.5 Å². The van der Waals surface area contributed by atoms with Crippen molar-refractivity contribution in [3.8, 4) is 5.75 Å². The molecule has 0 bridgehead atoms. The molecular formula is C19H14INO3. The van der Waals surface area contributed by atoms with Crippen LogP contribution in [0.25, 0.3) is 6.08 Å². The number of hydrogen-bond donors (Lipinski definition) is 0. The fraction of sp³-hybridized carbons (Fsp3) is 0.0526. The molecule has 4 nitrogen and oxygen atoms in total. The van der Waals surface area contributed by atoms with Crippen LogP contribution in [0.2, 0.25) is 0 Å². The van der Waals surface area contributed by atoms with Gasteiger partial charge in [-0.1, -0.05) is 30.9 Å². The molecule has 1 aliphatic heterocycles. The first-order valence-electron chi connectivity index (χ1n) is 7.28. The molecule has 120 valence electrons. The molecule has 0 atom stereocenters. The minimum absolute atomic E-state index is 0.268. The average Bonchev–Trinajstić information content (AvgIpc) is 2.94. The van der Waals surface area contributed by atoms with E-state index in [2.05, 4.69) is 34.2 Å². The second-order valence-corrected chi connectivity index (χ2v) is 6.26. The Kier molecular flexibility index (Phi) is 5.10. The van der Waals surface area contributed by atoms with Crippen LogP contribution in [0.1, 0.15) is 11.1 Å². The molecule has 1 heterocycles. The second kappa shape index (κ2) is 7.44. The van der Waals surface area contributed by atoms with Crippen molar-refractivity contribution in [2.24, 2.45) is 4.99 Å². The Balaban J connectivity index is 1.87. The van der Waals surface area contributed by atoms with Crippen LogP contribution < -0.4 is 4.74 Å². The minimum atomic E-state index is -0.457. The van der Waals surface area contributed by atoms with Gasteiger partial charge in [-0.05, 0) is 64.6 Å². The van der Waals surface area contributed by atoms with Gasteiger partial charge in [0.15, 0.2) is 5.70 Å². The molecule has 1 aliphatic rings. The van der Waals surface area contributed by atoms with Gasteiger partial charge in [-0.3, -0.25) is 0 Å². The van der Waals surface area contributed by atoms with Gasteiger partial charge < -0.3 is 9.47 Å². The van der Waals surface area contributed by atoms with Gasteiger partial charge >= 0.3 is 5.97 Å². The van der Waals surface area contributed by atoms with Gasteiger partial charge in [0.2, 0.25) is 5.90 Å². The Morgan fingerprint density at radius 1 is 1.21 bits per heavy atom. The van der Waals surface area contributed by atoms with E-state index in [1.807, 2.05) is 48.5 Å². The van der Waals surface area contributed by atoms with Crippen molar-refractivity contribution in [1.82, 2.24) is 0 Å². The fourth-order valence-corrected chi connectivity index (χ4v) is 2.70. The Morgan fingerprint density at radius 3 is 2.83 bits per heavy atom. The van der Waals surface area contributed by atoms with E-state index < -0.39 is 5.97 Å². The molecule has 0 fully saturated rings. The van der Waals surface area contributed by atoms with Gasteiger partial charge in [-0.25, -0.2) is 9.79 Å². The number of ether oxygens (including phenoxy) is 2. The Morgan fingerprint density at radius 2 is 2.04 bits per heavy atom. The summed E-state index contributed by atoms with van der Waals surface area (Å²) < 4.78 is 11.8. The number of rotatable bonds is 5. The number of carbonyl (C=O) groups excluding carboxylic acids is 1. The van der Waals surface area contributed by atoms with Crippen LogP contribution in [0.4, 0.5) is 0 Å². The molecule has 24 heavy (non-hydrogen) atoms. The lowest BCUT2D eigenvalue weighted by molar-refractivity contribution is -0.129. The summed E-state index contributed by atoms with van der Waals surface area (Å²) in [5.41, 5.74) is 1.86. The SMILES string of the molecule is C=CCOc1cccc(C=C2N=C(c3cccc(I)c3)OC2=O)c1. The molecule has 2 aromatic carbocycles. The topological polar surface area (TPSA) is 47.9 Å². The van der Waals surface area contributed by atoms with Crippen molar-refractivity contribution >= 4 is 40.5 Å². The largest absolute Gasteiger partial charge is 0.490 e. The van der Waals surface area contributed by atoms with Crippen LogP contribution >= 0.6 is 22.6 Å². The summed E-state index contributed by atoms with van der Waals surface area (Å²) in [6.07, 6.45) is 3.36. The highest BCUT2D eigenvalue weighted by molar-refractivity contribution is 14.1. The zero-order valence-electron chi connectivity index (χ0n) is 12.7. The molecule has 0 saturated heterocycles. The highest BCUT2D eigenvalue weighted by Crippen LogP contribution is 2.22. The zero-order valence-corrected chi connectivity index (χ0v) is 14.9. The molecule has 3 rings (SSSR count). The first-order valence-corrected chi connectivity index (χ1v) is 8.36. The van der Waals surface area contributed by atoms with Crippen molar-refractivity contribution in [2.45, 2.75) is 0 Å². The van der Waals surface area contributed by atoms with Crippen LogP contribution in [0.5, 0.6) is 5.75 Å². The number of aliphatic imine (C=N–C) groups is 1. The first-order chi connectivity index (χ1) is 11.7. The predicted octanol–water partition coefficient (Wildman–Crippen LogP) is 4.20. The summed E-state index contributed by atoms with van der Waals surface area (Å²) in [5, 5.41) is 0. The standard InChI is InChI=1S/C19H14INO3/c1-2-9-23-16-8-3-5-13(10-16)11-17-19(22)24-18(21-17)14-6-4-7-15(20)12-14/h2-8,10-12H,1,9H2. The lowest BCUT2D eigenvalue weighted by atomic mass is 10.2. The molecule has 0 aromatic heterocycles. The molecule has 0 radical (unpaired) electrons. The summed E-state index contributed by atoms with van der Waals surface area (Å²) in [7, 11) is 0. The fourth-order valence-electron chi connectivity index (χ4n) is 2.16. The molecular weight excluding hydrogens is 417 g/mol. The summed E-state index contributed by atoms with van der Waals surface area (Å²) in [6.45, 7) is 4.05.